The molecule has 2 heterocycles. The maximum Gasteiger partial charge on any atom is 0.270 e. The van der Waals surface area contributed by atoms with Gasteiger partial charge in [0.2, 0.25) is 5.88 Å². The number of carbonyl (C=O) groups is 1. The van der Waals surface area contributed by atoms with E-state index in [1.54, 1.807) is 25.4 Å². The first kappa shape index (κ1) is 16.4. The van der Waals surface area contributed by atoms with Crippen molar-refractivity contribution in [1.82, 2.24) is 15.3 Å². The molecule has 24 heavy (non-hydrogen) atoms. The Labute approximate surface area is 140 Å². The molecule has 1 amide bonds. The van der Waals surface area contributed by atoms with Gasteiger partial charge in [-0.3, -0.25) is 4.79 Å². The van der Waals surface area contributed by atoms with E-state index in [0.717, 1.165) is 11.3 Å². The van der Waals surface area contributed by atoms with Gasteiger partial charge in [0.1, 0.15) is 5.69 Å². The number of rotatable bonds is 5. The second-order valence-electron chi connectivity index (χ2n) is 6.13. The van der Waals surface area contributed by atoms with E-state index in [0.29, 0.717) is 24.4 Å². The second kappa shape index (κ2) is 6.97. The fourth-order valence-electron chi connectivity index (χ4n) is 2.96. The fraction of sp³-hybridized carbons (Fsp3) is 0.389. The van der Waals surface area contributed by atoms with Gasteiger partial charge in [0.15, 0.2) is 0 Å². The lowest BCUT2D eigenvalue weighted by molar-refractivity contribution is 0.0234. The summed E-state index contributed by atoms with van der Waals surface area (Å²) >= 11 is 0. The number of nitrogens with one attached hydrogen (secondary N) is 1. The van der Waals surface area contributed by atoms with E-state index < -0.39 is 0 Å². The molecule has 0 saturated heterocycles. The summed E-state index contributed by atoms with van der Waals surface area (Å²) in [5.74, 6) is 0.489. The Morgan fingerprint density at radius 3 is 2.71 bits per heavy atom. The minimum absolute atomic E-state index is 0.184. The minimum atomic E-state index is -0.294. The van der Waals surface area contributed by atoms with Gasteiger partial charge in [-0.2, -0.15) is 0 Å². The van der Waals surface area contributed by atoms with Crippen LogP contribution in [0.5, 0.6) is 5.88 Å². The van der Waals surface area contributed by atoms with Crippen LogP contribution in [0.15, 0.2) is 36.5 Å². The highest BCUT2D eigenvalue weighted by Crippen LogP contribution is 2.38. The Bertz CT molecular complexity index is 712. The average molecular weight is 327 g/mol. The third kappa shape index (κ3) is 3.54. The molecule has 0 bridgehead atoms. The molecule has 6 heteroatoms. The molecule has 1 aliphatic rings. The Kier molecular flexibility index (Phi) is 4.76. The van der Waals surface area contributed by atoms with Crippen LogP contribution in [0, 0.1) is 12.8 Å². The molecule has 1 atom stereocenters. The highest BCUT2D eigenvalue weighted by Gasteiger charge is 2.36. The SMILES string of the molecule is COc1ccc(C(NC(=O)c2cccc(C)n2)C2CC(O)C2)cn1. The number of aryl methyl sites for hydroxylation is 1. The van der Waals surface area contributed by atoms with E-state index >= 15 is 0 Å². The average Bonchev–Trinajstić information content (AvgIpc) is 2.57. The van der Waals surface area contributed by atoms with Crippen molar-refractivity contribution in [3.8, 4) is 5.88 Å². The smallest absolute Gasteiger partial charge is 0.270 e. The Balaban J connectivity index is 1.80. The van der Waals surface area contributed by atoms with Gasteiger partial charge in [-0.05, 0) is 43.4 Å². The van der Waals surface area contributed by atoms with Crippen molar-refractivity contribution in [3.05, 3.63) is 53.5 Å². The van der Waals surface area contributed by atoms with Crippen LogP contribution in [0.1, 0.15) is 40.6 Å². The van der Waals surface area contributed by atoms with Crippen molar-refractivity contribution in [2.45, 2.75) is 31.9 Å². The lowest BCUT2D eigenvalue weighted by Crippen LogP contribution is -2.41. The highest BCUT2D eigenvalue weighted by atomic mass is 16.5. The number of methoxy groups -OCH3 is 1. The van der Waals surface area contributed by atoms with E-state index in [1.165, 1.54) is 0 Å². The predicted octanol–water partition coefficient (Wildman–Crippen LogP) is 2.04. The molecule has 1 saturated carbocycles. The molecule has 0 aliphatic heterocycles. The normalized spacial score (nSPS) is 20.8. The van der Waals surface area contributed by atoms with Crippen LogP contribution in [0.3, 0.4) is 0 Å². The van der Waals surface area contributed by atoms with Crippen LogP contribution in [-0.2, 0) is 0 Å². The molecule has 1 aliphatic carbocycles. The van der Waals surface area contributed by atoms with E-state index in [9.17, 15) is 9.90 Å². The quantitative estimate of drug-likeness (QED) is 0.878. The van der Waals surface area contributed by atoms with Gasteiger partial charge in [-0.1, -0.05) is 12.1 Å². The Morgan fingerprint density at radius 1 is 1.33 bits per heavy atom. The molecule has 6 nitrogen and oxygen atoms in total. The molecular formula is C18H21N3O3. The van der Waals surface area contributed by atoms with Crippen molar-refractivity contribution in [2.24, 2.45) is 5.92 Å². The number of carbonyl (C=O) groups excluding carboxylic acids is 1. The maximum absolute atomic E-state index is 12.5. The number of hydrogen-bond acceptors (Lipinski definition) is 5. The number of aromatic nitrogens is 2. The molecule has 0 spiro atoms. The summed E-state index contributed by atoms with van der Waals surface area (Å²) in [4.78, 5) is 21.0. The Morgan fingerprint density at radius 2 is 2.12 bits per heavy atom. The number of pyridine rings is 2. The number of hydrogen-bond donors (Lipinski definition) is 2. The van der Waals surface area contributed by atoms with Gasteiger partial charge in [-0.25, -0.2) is 9.97 Å². The van der Waals surface area contributed by atoms with Crippen LogP contribution in [0.25, 0.3) is 0 Å². The molecule has 126 valence electrons. The molecular weight excluding hydrogens is 306 g/mol. The molecule has 1 unspecified atom stereocenters. The zero-order valence-electron chi connectivity index (χ0n) is 13.8. The highest BCUT2D eigenvalue weighted by molar-refractivity contribution is 5.92. The number of aliphatic hydroxyl groups is 1. The van der Waals surface area contributed by atoms with Gasteiger partial charge in [0.05, 0.1) is 19.3 Å². The summed E-state index contributed by atoms with van der Waals surface area (Å²) in [5.41, 5.74) is 2.08. The predicted molar refractivity (Wildman–Crippen MR) is 88.7 cm³/mol. The lowest BCUT2D eigenvalue weighted by Gasteiger charge is -2.38. The van der Waals surface area contributed by atoms with Gasteiger partial charge in [-0.15, -0.1) is 0 Å². The van der Waals surface area contributed by atoms with Gasteiger partial charge >= 0.3 is 0 Å². The van der Waals surface area contributed by atoms with Crippen molar-refractivity contribution in [1.29, 1.82) is 0 Å². The van der Waals surface area contributed by atoms with Gasteiger partial charge in [0, 0.05) is 18.0 Å². The summed E-state index contributed by atoms with van der Waals surface area (Å²) in [6, 6.07) is 8.82. The molecule has 2 aromatic heterocycles. The number of nitrogens with zero attached hydrogens (tertiary/aromatic N) is 2. The molecule has 3 rings (SSSR count). The summed E-state index contributed by atoms with van der Waals surface area (Å²) in [5, 5.41) is 12.7. The van der Waals surface area contributed by atoms with E-state index in [-0.39, 0.29) is 24.0 Å². The molecule has 2 aromatic rings. The molecule has 0 aromatic carbocycles. The molecule has 0 radical (unpaired) electrons. The van der Waals surface area contributed by atoms with Crippen LogP contribution >= 0.6 is 0 Å². The van der Waals surface area contributed by atoms with E-state index in [2.05, 4.69) is 15.3 Å². The third-order valence-electron chi connectivity index (χ3n) is 4.36. The molecule has 2 N–H and O–H groups in total. The largest absolute Gasteiger partial charge is 0.481 e. The van der Waals surface area contributed by atoms with Crippen LogP contribution in [0.4, 0.5) is 0 Å². The van der Waals surface area contributed by atoms with Crippen LogP contribution in [-0.4, -0.2) is 34.2 Å². The maximum atomic E-state index is 12.5. The first-order valence-corrected chi connectivity index (χ1v) is 7.99. The monoisotopic (exact) mass is 327 g/mol. The third-order valence-corrected chi connectivity index (χ3v) is 4.36. The number of ether oxygens (including phenoxy) is 1. The van der Waals surface area contributed by atoms with Crippen molar-refractivity contribution in [2.75, 3.05) is 7.11 Å². The fourth-order valence-corrected chi connectivity index (χ4v) is 2.96. The van der Waals surface area contributed by atoms with Crippen LogP contribution in [0.2, 0.25) is 0 Å². The van der Waals surface area contributed by atoms with Crippen molar-refractivity contribution < 1.29 is 14.6 Å². The van der Waals surface area contributed by atoms with Gasteiger partial charge < -0.3 is 15.2 Å². The van der Waals surface area contributed by atoms with E-state index in [1.807, 2.05) is 25.1 Å². The zero-order valence-corrected chi connectivity index (χ0v) is 13.8. The number of amides is 1. The number of aliphatic hydroxyl groups excluding tert-OH is 1. The first-order chi connectivity index (χ1) is 11.6. The summed E-state index contributed by atoms with van der Waals surface area (Å²) < 4.78 is 5.08. The Hall–Kier alpha value is -2.47. The second-order valence-corrected chi connectivity index (χ2v) is 6.13. The van der Waals surface area contributed by atoms with Crippen LogP contribution < -0.4 is 10.1 Å². The standard InChI is InChI=1S/C18H21N3O3/c1-11-4-3-5-15(20-11)18(23)21-17(13-8-14(22)9-13)12-6-7-16(24-2)19-10-12/h3-7,10,13-14,17,22H,8-9H2,1-2H3,(H,21,23). The minimum Gasteiger partial charge on any atom is -0.481 e. The van der Waals surface area contributed by atoms with Crippen molar-refractivity contribution in [3.63, 3.8) is 0 Å². The van der Waals surface area contributed by atoms with E-state index in [4.69, 9.17) is 4.74 Å². The topological polar surface area (TPSA) is 84.3 Å². The van der Waals surface area contributed by atoms with Crippen molar-refractivity contribution >= 4 is 5.91 Å². The zero-order chi connectivity index (χ0) is 17.1. The van der Waals surface area contributed by atoms with Gasteiger partial charge in [0.25, 0.3) is 5.91 Å². The summed E-state index contributed by atoms with van der Waals surface area (Å²) in [7, 11) is 1.56. The summed E-state index contributed by atoms with van der Waals surface area (Å²) in [6.07, 6.45) is 2.74. The molecule has 1 fully saturated rings. The first-order valence-electron chi connectivity index (χ1n) is 7.99. The summed E-state index contributed by atoms with van der Waals surface area (Å²) in [6.45, 7) is 1.85. The lowest BCUT2D eigenvalue weighted by atomic mass is 9.75.